The first-order chi connectivity index (χ1) is 9.74. The van der Waals surface area contributed by atoms with Crippen LogP contribution < -0.4 is 10.6 Å². The molecule has 0 saturated carbocycles. The number of nitrogens with one attached hydrogen (secondary N) is 2. The maximum absolute atomic E-state index is 11.9. The van der Waals surface area contributed by atoms with Gasteiger partial charge in [0.25, 0.3) is 0 Å². The van der Waals surface area contributed by atoms with Gasteiger partial charge >= 0.3 is 6.03 Å². The Morgan fingerprint density at radius 1 is 1.50 bits per heavy atom. The summed E-state index contributed by atoms with van der Waals surface area (Å²) in [6.07, 6.45) is 4.32. The lowest BCUT2D eigenvalue weighted by atomic mass is 10.1. The molecule has 2 amide bonds. The standard InChI is InChI=1S/C13H21N5O2/c1-9(10-4-3-7-20-10)15-13(19)14-8-12-17-16-11-5-2-6-18(11)12/h9-10H,2-8H2,1H3,(H2,14,15,19)/t9-,10+/m0/s1. The molecule has 2 N–H and O–H groups in total. The van der Waals surface area contributed by atoms with Crippen molar-refractivity contribution in [1.82, 2.24) is 25.4 Å². The molecule has 0 spiro atoms. The molecule has 1 aromatic heterocycles. The number of ether oxygens (including phenoxy) is 1. The van der Waals surface area contributed by atoms with E-state index >= 15 is 0 Å². The van der Waals surface area contributed by atoms with Gasteiger partial charge in [0, 0.05) is 19.6 Å². The van der Waals surface area contributed by atoms with Crippen LogP contribution in [0.5, 0.6) is 0 Å². The number of nitrogens with zero attached hydrogens (tertiary/aromatic N) is 3. The van der Waals surface area contributed by atoms with Crippen molar-refractivity contribution in [1.29, 1.82) is 0 Å². The van der Waals surface area contributed by atoms with Crippen LogP contribution >= 0.6 is 0 Å². The van der Waals surface area contributed by atoms with Crippen molar-refractivity contribution in [2.45, 2.75) is 57.8 Å². The zero-order chi connectivity index (χ0) is 13.9. The molecule has 7 nitrogen and oxygen atoms in total. The zero-order valence-electron chi connectivity index (χ0n) is 11.8. The molecule has 0 unspecified atom stereocenters. The number of hydrogen-bond acceptors (Lipinski definition) is 4. The summed E-state index contributed by atoms with van der Waals surface area (Å²) in [6, 6.07) is -0.148. The SMILES string of the molecule is C[C@H](NC(=O)NCc1nnc2n1CCC2)[C@H]1CCCO1. The van der Waals surface area contributed by atoms with Crippen molar-refractivity contribution < 1.29 is 9.53 Å². The second-order valence-corrected chi connectivity index (χ2v) is 5.45. The van der Waals surface area contributed by atoms with Crippen LogP contribution in [0, 0.1) is 0 Å². The highest BCUT2D eigenvalue weighted by molar-refractivity contribution is 5.74. The van der Waals surface area contributed by atoms with Crippen LogP contribution in [0.2, 0.25) is 0 Å². The number of hydrogen-bond donors (Lipinski definition) is 2. The van der Waals surface area contributed by atoms with Crippen molar-refractivity contribution in [3.8, 4) is 0 Å². The van der Waals surface area contributed by atoms with E-state index in [-0.39, 0.29) is 18.2 Å². The Kier molecular flexibility index (Phi) is 3.86. The highest BCUT2D eigenvalue weighted by Gasteiger charge is 2.24. The van der Waals surface area contributed by atoms with Crippen LogP contribution in [-0.4, -0.2) is 39.5 Å². The minimum Gasteiger partial charge on any atom is -0.376 e. The Morgan fingerprint density at radius 2 is 2.40 bits per heavy atom. The van der Waals surface area contributed by atoms with Crippen LogP contribution in [-0.2, 0) is 24.2 Å². The van der Waals surface area contributed by atoms with Gasteiger partial charge in [0.1, 0.15) is 5.82 Å². The molecule has 2 aliphatic heterocycles. The van der Waals surface area contributed by atoms with E-state index in [1.807, 2.05) is 6.92 Å². The number of carbonyl (C=O) groups is 1. The Labute approximate surface area is 118 Å². The van der Waals surface area contributed by atoms with E-state index < -0.39 is 0 Å². The van der Waals surface area contributed by atoms with Crippen LogP contribution in [0.1, 0.15) is 37.8 Å². The van der Waals surface area contributed by atoms with Gasteiger partial charge in [0.2, 0.25) is 0 Å². The van der Waals surface area contributed by atoms with E-state index in [0.29, 0.717) is 6.54 Å². The van der Waals surface area contributed by atoms with E-state index in [1.165, 1.54) is 0 Å². The predicted molar refractivity (Wildman–Crippen MR) is 72.2 cm³/mol. The second kappa shape index (κ2) is 5.78. The van der Waals surface area contributed by atoms with Crippen LogP contribution in [0.3, 0.4) is 0 Å². The lowest BCUT2D eigenvalue weighted by Crippen LogP contribution is -2.45. The van der Waals surface area contributed by atoms with Gasteiger partial charge in [-0.25, -0.2) is 4.79 Å². The molecule has 3 heterocycles. The Bertz CT molecular complexity index is 481. The minimum absolute atomic E-state index is 0.0293. The first kappa shape index (κ1) is 13.4. The second-order valence-electron chi connectivity index (χ2n) is 5.45. The zero-order valence-corrected chi connectivity index (χ0v) is 11.8. The van der Waals surface area contributed by atoms with Crippen LogP contribution in [0.25, 0.3) is 0 Å². The molecule has 3 rings (SSSR count). The summed E-state index contributed by atoms with van der Waals surface area (Å²) in [7, 11) is 0. The minimum atomic E-state index is -0.177. The number of carbonyl (C=O) groups excluding carboxylic acids is 1. The molecule has 2 aliphatic rings. The van der Waals surface area contributed by atoms with E-state index in [1.54, 1.807) is 0 Å². The van der Waals surface area contributed by atoms with E-state index in [2.05, 4.69) is 25.4 Å². The fourth-order valence-corrected chi connectivity index (χ4v) is 2.85. The Morgan fingerprint density at radius 3 is 3.20 bits per heavy atom. The molecule has 20 heavy (non-hydrogen) atoms. The maximum atomic E-state index is 11.9. The Balaban J connectivity index is 1.47. The molecule has 1 aromatic rings. The lowest BCUT2D eigenvalue weighted by molar-refractivity contribution is 0.0860. The molecule has 110 valence electrons. The predicted octanol–water partition coefficient (Wildman–Crippen LogP) is 0.591. The number of aromatic nitrogens is 3. The van der Waals surface area contributed by atoms with Gasteiger partial charge in [-0.3, -0.25) is 0 Å². The first-order valence-electron chi connectivity index (χ1n) is 7.31. The summed E-state index contributed by atoms with van der Waals surface area (Å²) in [6.45, 7) is 4.14. The Hall–Kier alpha value is -1.63. The summed E-state index contributed by atoms with van der Waals surface area (Å²) in [4.78, 5) is 11.9. The molecule has 1 fully saturated rings. The number of rotatable bonds is 4. The van der Waals surface area contributed by atoms with Crippen molar-refractivity contribution >= 4 is 6.03 Å². The van der Waals surface area contributed by atoms with Gasteiger partial charge in [0.15, 0.2) is 5.82 Å². The smallest absolute Gasteiger partial charge is 0.315 e. The largest absolute Gasteiger partial charge is 0.376 e. The third-order valence-corrected chi connectivity index (χ3v) is 3.97. The van der Waals surface area contributed by atoms with Crippen molar-refractivity contribution in [2.24, 2.45) is 0 Å². The number of fused-ring (bicyclic) bond motifs is 1. The molecule has 0 aliphatic carbocycles. The quantitative estimate of drug-likeness (QED) is 0.845. The summed E-state index contributed by atoms with van der Waals surface area (Å²) in [5, 5.41) is 14.0. The molecule has 1 saturated heterocycles. The fourth-order valence-electron chi connectivity index (χ4n) is 2.85. The molecule has 0 radical (unpaired) electrons. The lowest BCUT2D eigenvalue weighted by Gasteiger charge is -2.20. The third kappa shape index (κ3) is 2.77. The summed E-state index contributed by atoms with van der Waals surface area (Å²) >= 11 is 0. The molecular formula is C13H21N5O2. The normalized spacial score (nSPS) is 22.6. The summed E-state index contributed by atoms with van der Waals surface area (Å²) in [5.41, 5.74) is 0. The van der Waals surface area contributed by atoms with Gasteiger partial charge in [-0.05, 0) is 26.2 Å². The summed E-state index contributed by atoms with van der Waals surface area (Å²) in [5.74, 6) is 1.85. The highest BCUT2D eigenvalue weighted by atomic mass is 16.5. The van der Waals surface area contributed by atoms with E-state index in [0.717, 1.165) is 50.5 Å². The highest BCUT2D eigenvalue weighted by Crippen LogP contribution is 2.15. The first-order valence-corrected chi connectivity index (χ1v) is 7.31. The van der Waals surface area contributed by atoms with Crippen molar-refractivity contribution in [2.75, 3.05) is 6.61 Å². The molecule has 0 aromatic carbocycles. The fraction of sp³-hybridized carbons (Fsp3) is 0.769. The molecule has 2 atom stereocenters. The topological polar surface area (TPSA) is 81.1 Å². The van der Waals surface area contributed by atoms with Crippen molar-refractivity contribution in [3.05, 3.63) is 11.6 Å². The van der Waals surface area contributed by atoms with E-state index in [9.17, 15) is 4.79 Å². The molecular weight excluding hydrogens is 258 g/mol. The van der Waals surface area contributed by atoms with Crippen LogP contribution in [0.15, 0.2) is 0 Å². The molecule has 7 heteroatoms. The van der Waals surface area contributed by atoms with Crippen molar-refractivity contribution in [3.63, 3.8) is 0 Å². The average Bonchev–Trinajstić information content (AvgIpc) is 3.14. The van der Waals surface area contributed by atoms with E-state index in [4.69, 9.17) is 4.74 Å². The average molecular weight is 279 g/mol. The van der Waals surface area contributed by atoms with Gasteiger partial charge in [-0.15, -0.1) is 10.2 Å². The summed E-state index contributed by atoms with van der Waals surface area (Å²) < 4.78 is 7.64. The van der Waals surface area contributed by atoms with Gasteiger partial charge in [-0.2, -0.15) is 0 Å². The number of aryl methyl sites for hydroxylation is 1. The van der Waals surface area contributed by atoms with Crippen LogP contribution in [0.4, 0.5) is 4.79 Å². The maximum Gasteiger partial charge on any atom is 0.315 e. The number of amides is 2. The third-order valence-electron chi connectivity index (χ3n) is 3.97. The van der Waals surface area contributed by atoms with Gasteiger partial charge in [-0.1, -0.05) is 0 Å². The van der Waals surface area contributed by atoms with Gasteiger partial charge in [0.05, 0.1) is 18.7 Å². The van der Waals surface area contributed by atoms with Gasteiger partial charge < -0.3 is 19.9 Å². The monoisotopic (exact) mass is 279 g/mol. The number of urea groups is 1. The molecule has 0 bridgehead atoms.